The maximum absolute atomic E-state index is 10.9. The number of hydrogen-bond acceptors (Lipinski definition) is 2. The first kappa shape index (κ1) is 17.0. The van der Waals surface area contributed by atoms with Crippen molar-refractivity contribution in [1.82, 2.24) is 0 Å². The van der Waals surface area contributed by atoms with E-state index in [-0.39, 0.29) is 12.0 Å². The molecule has 1 saturated carbocycles. The molecule has 0 aromatic heterocycles. The summed E-state index contributed by atoms with van der Waals surface area (Å²) in [7, 11) is 0. The quantitative estimate of drug-likeness (QED) is 0.475. The Hall–Kier alpha value is -1.35. The second-order valence-electron chi connectivity index (χ2n) is 7.16. The number of allylic oxidation sites excluding steroid dienone is 5. The molecule has 2 N–H and O–H groups in total. The first-order chi connectivity index (χ1) is 10.3. The van der Waals surface area contributed by atoms with Crippen molar-refractivity contribution in [2.45, 2.75) is 40.2 Å². The number of aliphatic carboxylic acids is 1. The highest BCUT2D eigenvalue weighted by molar-refractivity contribution is 5.86. The van der Waals surface area contributed by atoms with Gasteiger partial charge in [-0.15, -0.1) is 0 Å². The van der Waals surface area contributed by atoms with Crippen molar-refractivity contribution in [3.63, 3.8) is 0 Å². The topological polar surface area (TPSA) is 57.5 Å². The van der Waals surface area contributed by atoms with E-state index in [9.17, 15) is 9.90 Å². The fourth-order valence-electron chi connectivity index (χ4n) is 4.20. The van der Waals surface area contributed by atoms with E-state index >= 15 is 0 Å². The van der Waals surface area contributed by atoms with E-state index in [4.69, 9.17) is 5.11 Å². The van der Waals surface area contributed by atoms with Gasteiger partial charge in [0, 0.05) is 5.57 Å². The molecule has 0 aromatic carbocycles. The van der Waals surface area contributed by atoms with E-state index in [1.165, 1.54) is 0 Å². The molecule has 0 amide bonds. The largest absolute Gasteiger partial charge is 0.478 e. The van der Waals surface area contributed by atoms with Crippen LogP contribution in [0.25, 0.3) is 0 Å². The molecular weight excluding hydrogens is 276 g/mol. The van der Waals surface area contributed by atoms with Crippen molar-refractivity contribution in [3.05, 3.63) is 36.0 Å². The fraction of sp³-hybridized carbons (Fsp3) is 0.632. The molecule has 0 bridgehead atoms. The molecule has 22 heavy (non-hydrogen) atoms. The van der Waals surface area contributed by atoms with Crippen LogP contribution in [0.4, 0.5) is 0 Å². The molecule has 0 heterocycles. The van der Waals surface area contributed by atoms with Gasteiger partial charge in [0.1, 0.15) is 0 Å². The number of aliphatic hydroxyl groups is 1. The van der Waals surface area contributed by atoms with Crippen LogP contribution < -0.4 is 0 Å². The molecule has 0 aromatic rings. The lowest BCUT2D eigenvalue weighted by atomic mass is 9.58. The summed E-state index contributed by atoms with van der Waals surface area (Å²) in [4.78, 5) is 10.9. The van der Waals surface area contributed by atoms with Gasteiger partial charge in [0.05, 0.1) is 6.10 Å². The lowest BCUT2D eigenvalue weighted by molar-refractivity contribution is -0.132. The van der Waals surface area contributed by atoms with Crippen molar-refractivity contribution >= 4 is 5.97 Å². The third-order valence-corrected chi connectivity index (χ3v) is 5.60. The minimum Gasteiger partial charge on any atom is -0.478 e. The Morgan fingerprint density at radius 2 is 1.91 bits per heavy atom. The van der Waals surface area contributed by atoms with Crippen LogP contribution in [-0.2, 0) is 4.79 Å². The zero-order chi connectivity index (χ0) is 16.4. The van der Waals surface area contributed by atoms with E-state index in [0.29, 0.717) is 35.2 Å². The summed E-state index contributed by atoms with van der Waals surface area (Å²) < 4.78 is 0. The lowest BCUT2D eigenvalue weighted by Gasteiger charge is -2.48. The van der Waals surface area contributed by atoms with Crippen LogP contribution in [0.5, 0.6) is 0 Å². The third kappa shape index (κ3) is 3.35. The predicted octanol–water partition coefficient (Wildman–Crippen LogP) is 3.66. The molecule has 0 saturated heterocycles. The predicted molar refractivity (Wildman–Crippen MR) is 88.3 cm³/mol. The molecule has 0 aliphatic heterocycles. The van der Waals surface area contributed by atoms with Gasteiger partial charge in [0.15, 0.2) is 0 Å². The average Bonchev–Trinajstić information content (AvgIpc) is 2.47. The molecule has 2 rings (SSSR count). The molecule has 7 atom stereocenters. The summed E-state index contributed by atoms with van der Waals surface area (Å²) in [6.45, 7) is 8.09. The van der Waals surface area contributed by atoms with Crippen LogP contribution in [-0.4, -0.2) is 22.3 Å². The molecule has 3 nitrogen and oxygen atoms in total. The highest BCUT2D eigenvalue weighted by Gasteiger charge is 2.44. The van der Waals surface area contributed by atoms with Crippen molar-refractivity contribution in [2.24, 2.45) is 35.5 Å². The smallest absolute Gasteiger partial charge is 0.331 e. The molecule has 1 fully saturated rings. The van der Waals surface area contributed by atoms with Crippen LogP contribution in [0.2, 0.25) is 0 Å². The molecule has 0 radical (unpaired) electrons. The zero-order valence-electron chi connectivity index (χ0n) is 13.9. The van der Waals surface area contributed by atoms with Gasteiger partial charge in [-0.05, 0) is 48.9 Å². The molecule has 2 aliphatic rings. The van der Waals surface area contributed by atoms with E-state index in [1.54, 1.807) is 13.0 Å². The van der Waals surface area contributed by atoms with Crippen LogP contribution in [0, 0.1) is 35.5 Å². The number of fused-ring (bicyclic) bond motifs is 1. The van der Waals surface area contributed by atoms with Crippen molar-refractivity contribution in [1.29, 1.82) is 0 Å². The van der Waals surface area contributed by atoms with E-state index < -0.39 is 5.97 Å². The van der Waals surface area contributed by atoms with Crippen LogP contribution in [0.15, 0.2) is 36.0 Å². The summed E-state index contributed by atoms with van der Waals surface area (Å²) in [5.41, 5.74) is 0.345. The average molecular weight is 304 g/mol. The Morgan fingerprint density at radius 1 is 1.23 bits per heavy atom. The summed E-state index contributed by atoms with van der Waals surface area (Å²) in [5.74, 6) is 1.44. The number of hydrogen-bond donors (Lipinski definition) is 2. The van der Waals surface area contributed by atoms with Gasteiger partial charge in [-0.1, -0.05) is 51.2 Å². The van der Waals surface area contributed by atoms with Gasteiger partial charge in [-0.3, -0.25) is 0 Å². The SMILES string of the molecule is C/C(=C\C=C\C1C(C)C=CC2CC(C)C(O)C(C)C21)C(=O)O. The van der Waals surface area contributed by atoms with E-state index in [1.807, 2.05) is 6.08 Å². The highest BCUT2D eigenvalue weighted by atomic mass is 16.4. The number of aliphatic hydroxyl groups excluding tert-OH is 1. The van der Waals surface area contributed by atoms with Crippen molar-refractivity contribution < 1.29 is 15.0 Å². The molecule has 2 aliphatic carbocycles. The van der Waals surface area contributed by atoms with Gasteiger partial charge < -0.3 is 10.2 Å². The Morgan fingerprint density at radius 3 is 2.55 bits per heavy atom. The van der Waals surface area contributed by atoms with Gasteiger partial charge in [-0.2, -0.15) is 0 Å². The Kier molecular flexibility index (Phi) is 5.28. The minimum atomic E-state index is -0.880. The van der Waals surface area contributed by atoms with Crippen molar-refractivity contribution in [3.8, 4) is 0 Å². The Balaban J connectivity index is 2.22. The fourth-order valence-corrected chi connectivity index (χ4v) is 4.20. The van der Waals surface area contributed by atoms with Crippen LogP contribution >= 0.6 is 0 Å². The molecule has 3 heteroatoms. The molecule has 122 valence electrons. The molecular formula is C19H28O3. The second kappa shape index (κ2) is 6.82. The summed E-state index contributed by atoms with van der Waals surface area (Å²) in [6, 6.07) is 0. The van der Waals surface area contributed by atoms with Gasteiger partial charge >= 0.3 is 5.97 Å². The van der Waals surface area contributed by atoms with Gasteiger partial charge in [0.25, 0.3) is 0 Å². The monoisotopic (exact) mass is 304 g/mol. The third-order valence-electron chi connectivity index (χ3n) is 5.60. The first-order valence-electron chi connectivity index (χ1n) is 8.27. The summed E-state index contributed by atoms with van der Waals surface area (Å²) >= 11 is 0. The van der Waals surface area contributed by atoms with Crippen LogP contribution in [0.1, 0.15) is 34.1 Å². The minimum absolute atomic E-state index is 0.243. The van der Waals surface area contributed by atoms with Gasteiger partial charge in [0.2, 0.25) is 0 Å². The number of carboxylic acids is 1. The maximum atomic E-state index is 10.9. The number of carbonyl (C=O) groups is 1. The molecule has 7 unspecified atom stereocenters. The van der Waals surface area contributed by atoms with E-state index in [0.717, 1.165) is 6.42 Å². The summed E-state index contributed by atoms with van der Waals surface area (Å²) in [5, 5.41) is 19.4. The Bertz CT molecular complexity index is 503. The molecule has 0 spiro atoms. The normalized spacial score (nSPS) is 42.4. The van der Waals surface area contributed by atoms with Gasteiger partial charge in [-0.25, -0.2) is 4.79 Å². The first-order valence-corrected chi connectivity index (χ1v) is 8.27. The van der Waals surface area contributed by atoms with E-state index in [2.05, 4.69) is 39.0 Å². The number of rotatable bonds is 3. The van der Waals surface area contributed by atoms with Crippen LogP contribution in [0.3, 0.4) is 0 Å². The standard InChI is InChI=1S/C19H28O3/c1-11-8-9-15-10-13(3)18(20)14(4)17(15)16(11)7-5-6-12(2)19(21)22/h5-9,11,13-18,20H,10H2,1-4H3,(H,21,22)/b7-5+,12-6+. The highest BCUT2D eigenvalue weighted by Crippen LogP contribution is 2.48. The second-order valence-corrected chi connectivity index (χ2v) is 7.16. The lowest BCUT2D eigenvalue weighted by Crippen LogP contribution is -2.46. The number of carboxylic acid groups (broad SMARTS) is 1. The summed E-state index contributed by atoms with van der Waals surface area (Å²) in [6.07, 6.45) is 11.1. The van der Waals surface area contributed by atoms with Crippen molar-refractivity contribution in [2.75, 3.05) is 0 Å². The zero-order valence-corrected chi connectivity index (χ0v) is 13.9. The Labute approximate surface area is 133 Å². The maximum Gasteiger partial charge on any atom is 0.331 e.